The van der Waals surface area contributed by atoms with Crippen LogP contribution in [0.4, 0.5) is 13.2 Å². The van der Waals surface area contributed by atoms with Gasteiger partial charge in [0.1, 0.15) is 11.5 Å². The van der Waals surface area contributed by atoms with Crippen molar-refractivity contribution >= 4 is 12.0 Å². The molecule has 132 valence electrons. The van der Waals surface area contributed by atoms with Crippen LogP contribution in [-0.4, -0.2) is 24.0 Å². The minimum absolute atomic E-state index is 0.0404. The molecule has 2 rings (SSSR count). The first-order chi connectivity index (χ1) is 11.8. The summed E-state index contributed by atoms with van der Waals surface area (Å²) in [4.78, 5) is 11.3. The zero-order valence-corrected chi connectivity index (χ0v) is 13.2. The minimum atomic E-state index is -4.74. The molecule has 0 spiro atoms. The molecule has 0 aromatic heterocycles. The van der Waals surface area contributed by atoms with Crippen LogP contribution in [0.5, 0.6) is 11.5 Å². The van der Waals surface area contributed by atoms with E-state index in [-0.39, 0.29) is 18.1 Å². The van der Waals surface area contributed by atoms with Gasteiger partial charge in [-0.1, -0.05) is 18.2 Å². The molecule has 0 radical (unpaired) electrons. The second-order valence-electron chi connectivity index (χ2n) is 4.93. The van der Waals surface area contributed by atoms with E-state index in [1.165, 1.54) is 42.5 Å². The maximum Gasteiger partial charge on any atom is 0.573 e. The van der Waals surface area contributed by atoms with Crippen molar-refractivity contribution in [2.24, 2.45) is 0 Å². The quantitative estimate of drug-likeness (QED) is 0.634. The Labute approximate surface area is 142 Å². The Hall–Kier alpha value is -2.96. The molecule has 0 saturated carbocycles. The highest BCUT2D eigenvalue weighted by atomic mass is 19.4. The van der Waals surface area contributed by atoms with Crippen molar-refractivity contribution in [3.05, 3.63) is 54.1 Å². The van der Waals surface area contributed by atoms with Crippen LogP contribution in [-0.2, 0) is 9.53 Å². The van der Waals surface area contributed by atoms with Gasteiger partial charge in [-0.25, -0.2) is 4.79 Å². The lowest BCUT2D eigenvalue weighted by atomic mass is 10.0. The third kappa shape index (κ3) is 5.56. The summed E-state index contributed by atoms with van der Waals surface area (Å²) in [5, 5.41) is 9.85. The molecule has 4 nitrogen and oxygen atoms in total. The first kappa shape index (κ1) is 18.4. The second kappa shape index (κ2) is 7.74. The number of hydrogen-bond acceptors (Lipinski definition) is 4. The molecule has 0 saturated heterocycles. The molecule has 25 heavy (non-hydrogen) atoms. The number of phenolic OH excluding ortho intramolecular Hbond substituents is 1. The monoisotopic (exact) mass is 352 g/mol. The van der Waals surface area contributed by atoms with Gasteiger partial charge in [0.2, 0.25) is 0 Å². The van der Waals surface area contributed by atoms with Crippen LogP contribution >= 0.6 is 0 Å². The van der Waals surface area contributed by atoms with E-state index in [9.17, 15) is 23.1 Å². The first-order valence-electron chi connectivity index (χ1n) is 7.32. The van der Waals surface area contributed by atoms with Gasteiger partial charge in [-0.2, -0.15) is 0 Å². The molecule has 0 unspecified atom stereocenters. The van der Waals surface area contributed by atoms with Crippen molar-refractivity contribution in [3.63, 3.8) is 0 Å². The molecule has 0 heterocycles. The van der Waals surface area contributed by atoms with Crippen LogP contribution in [0, 0.1) is 0 Å². The Kier molecular flexibility index (Phi) is 5.69. The molecule has 0 aliphatic heterocycles. The van der Waals surface area contributed by atoms with Crippen LogP contribution in [0.3, 0.4) is 0 Å². The smallest absolute Gasteiger partial charge is 0.507 e. The van der Waals surface area contributed by atoms with Gasteiger partial charge < -0.3 is 14.6 Å². The largest absolute Gasteiger partial charge is 0.573 e. The molecule has 0 atom stereocenters. The molecule has 7 heteroatoms. The number of carbonyl (C=O) groups is 1. The normalized spacial score (nSPS) is 11.5. The maximum atomic E-state index is 12.2. The Morgan fingerprint density at radius 3 is 2.36 bits per heavy atom. The van der Waals surface area contributed by atoms with Crippen molar-refractivity contribution in [2.75, 3.05) is 6.61 Å². The summed E-state index contributed by atoms with van der Waals surface area (Å²) < 4.78 is 45.1. The predicted octanol–water partition coefficient (Wildman–Crippen LogP) is 4.53. The van der Waals surface area contributed by atoms with E-state index in [4.69, 9.17) is 4.74 Å². The van der Waals surface area contributed by atoms with E-state index < -0.39 is 12.3 Å². The molecule has 0 aliphatic carbocycles. The molecule has 0 amide bonds. The van der Waals surface area contributed by atoms with Gasteiger partial charge >= 0.3 is 12.3 Å². The number of hydrogen-bond donors (Lipinski definition) is 1. The predicted molar refractivity (Wildman–Crippen MR) is 85.9 cm³/mol. The molecule has 1 N–H and O–H groups in total. The average molecular weight is 352 g/mol. The highest BCUT2D eigenvalue weighted by Crippen LogP contribution is 2.29. The number of aromatic hydroxyl groups is 1. The number of phenols is 1. The van der Waals surface area contributed by atoms with Gasteiger partial charge in [-0.3, -0.25) is 0 Å². The summed E-state index contributed by atoms with van der Waals surface area (Å²) in [6.07, 6.45) is -2.16. The van der Waals surface area contributed by atoms with Crippen molar-refractivity contribution in [2.45, 2.75) is 13.3 Å². The van der Waals surface area contributed by atoms with Gasteiger partial charge in [0.05, 0.1) is 6.61 Å². The Balaban J connectivity index is 2.22. The summed E-state index contributed by atoms with van der Waals surface area (Å²) in [5.41, 5.74) is 1.65. The van der Waals surface area contributed by atoms with Gasteiger partial charge in [-0.05, 0) is 48.4 Å². The van der Waals surface area contributed by atoms with E-state index in [1.54, 1.807) is 19.1 Å². The fourth-order valence-corrected chi connectivity index (χ4v) is 2.06. The molecular weight excluding hydrogens is 337 g/mol. The molecule has 2 aromatic carbocycles. The number of carbonyl (C=O) groups excluding carboxylic acids is 1. The lowest BCUT2D eigenvalue weighted by molar-refractivity contribution is -0.274. The fourth-order valence-electron chi connectivity index (χ4n) is 2.06. The molecule has 0 fully saturated rings. The Bertz CT molecular complexity index is 765. The van der Waals surface area contributed by atoms with Crippen molar-refractivity contribution in [1.29, 1.82) is 0 Å². The summed E-state index contributed by atoms with van der Waals surface area (Å²) in [7, 11) is 0. The van der Waals surface area contributed by atoms with Gasteiger partial charge in [0, 0.05) is 11.6 Å². The molecular formula is C18H15F3O4. The minimum Gasteiger partial charge on any atom is -0.507 e. The number of benzene rings is 2. The van der Waals surface area contributed by atoms with E-state index in [0.717, 1.165) is 0 Å². The van der Waals surface area contributed by atoms with Gasteiger partial charge in [0.25, 0.3) is 0 Å². The van der Waals surface area contributed by atoms with Crippen LogP contribution in [0.25, 0.3) is 17.2 Å². The number of ether oxygens (including phenoxy) is 2. The number of alkyl halides is 3. The van der Waals surface area contributed by atoms with Crippen LogP contribution < -0.4 is 4.74 Å². The van der Waals surface area contributed by atoms with E-state index in [1.807, 2.05) is 0 Å². The average Bonchev–Trinajstić information content (AvgIpc) is 2.54. The topological polar surface area (TPSA) is 55.8 Å². The standard InChI is InChI=1S/C18H15F3O4/c1-2-24-17(23)10-6-14-11-13(5-9-16(14)22)12-3-7-15(8-4-12)25-18(19,20)21/h3-11,22H,2H2,1H3. The zero-order chi connectivity index (χ0) is 18.4. The molecule has 0 bridgehead atoms. The fraction of sp³-hybridized carbons (Fsp3) is 0.167. The molecule has 0 aliphatic rings. The van der Waals surface area contributed by atoms with Crippen molar-refractivity contribution in [3.8, 4) is 22.6 Å². The highest BCUT2D eigenvalue weighted by Gasteiger charge is 2.30. The third-order valence-electron chi connectivity index (χ3n) is 3.13. The third-order valence-corrected chi connectivity index (χ3v) is 3.13. The Morgan fingerprint density at radius 1 is 1.12 bits per heavy atom. The highest BCUT2D eigenvalue weighted by molar-refractivity contribution is 5.88. The van der Waals surface area contributed by atoms with Crippen molar-refractivity contribution in [1.82, 2.24) is 0 Å². The molecule has 2 aromatic rings. The van der Waals surface area contributed by atoms with Crippen LogP contribution in [0.1, 0.15) is 12.5 Å². The summed E-state index contributed by atoms with van der Waals surface area (Å²) in [5.74, 6) is -0.903. The SMILES string of the molecule is CCOC(=O)C=Cc1cc(-c2ccc(OC(F)(F)F)cc2)ccc1O. The lowest BCUT2D eigenvalue weighted by Crippen LogP contribution is -2.16. The number of halogens is 3. The zero-order valence-electron chi connectivity index (χ0n) is 13.2. The van der Waals surface area contributed by atoms with Crippen molar-refractivity contribution < 1.29 is 32.5 Å². The summed E-state index contributed by atoms with van der Waals surface area (Å²) in [6.45, 7) is 1.91. The van der Waals surface area contributed by atoms with Gasteiger partial charge in [0.15, 0.2) is 0 Å². The summed E-state index contributed by atoms with van der Waals surface area (Å²) in [6, 6.07) is 9.97. The van der Waals surface area contributed by atoms with E-state index in [2.05, 4.69) is 4.74 Å². The first-order valence-corrected chi connectivity index (χ1v) is 7.32. The Morgan fingerprint density at radius 2 is 1.76 bits per heavy atom. The van der Waals surface area contributed by atoms with E-state index in [0.29, 0.717) is 16.7 Å². The van der Waals surface area contributed by atoms with Gasteiger partial charge in [-0.15, -0.1) is 13.2 Å². The van der Waals surface area contributed by atoms with Crippen LogP contribution in [0.15, 0.2) is 48.5 Å². The number of rotatable bonds is 5. The van der Waals surface area contributed by atoms with Crippen LogP contribution in [0.2, 0.25) is 0 Å². The number of esters is 1. The lowest BCUT2D eigenvalue weighted by Gasteiger charge is -2.10. The maximum absolute atomic E-state index is 12.2. The second-order valence-corrected chi connectivity index (χ2v) is 4.93. The summed E-state index contributed by atoms with van der Waals surface area (Å²) >= 11 is 0. The van der Waals surface area contributed by atoms with E-state index >= 15 is 0 Å².